The fraction of sp³-hybridized carbons (Fsp3) is 0.364. The Balaban J connectivity index is 3.14. The summed E-state index contributed by atoms with van der Waals surface area (Å²) in [5.41, 5.74) is 5.67. The van der Waals surface area contributed by atoms with E-state index in [0.29, 0.717) is 12.2 Å². The molecule has 0 saturated heterocycles. The van der Waals surface area contributed by atoms with E-state index in [1.54, 1.807) is 12.1 Å². The third-order valence-corrected chi connectivity index (χ3v) is 2.10. The van der Waals surface area contributed by atoms with Crippen molar-refractivity contribution in [2.75, 3.05) is 7.11 Å². The van der Waals surface area contributed by atoms with Crippen LogP contribution < -0.4 is 15.2 Å². The van der Waals surface area contributed by atoms with Gasteiger partial charge in [0, 0.05) is 0 Å². The lowest BCUT2D eigenvalue weighted by Crippen LogP contribution is -2.27. The molecular formula is C11H15NO4. The van der Waals surface area contributed by atoms with Gasteiger partial charge in [-0.25, -0.2) is 4.79 Å². The quantitative estimate of drug-likeness (QED) is 0.741. The van der Waals surface area contributed by atoms with Crippen molar-refractivity contribution < 1.29 is 19.4 Å². The molecule has 0 radical (unpaired) electrons. The molecule has 0 heterocycles. The number of carboxylic acid groups (broad SMARTS) is 1. The Morgan fingerprint density at radius 3 is 2.75 bits per heavy atom. The summed E-state index contributed by atoms with van der Waals surface area (Å²) in [6.45, 7) is 1.85. The molecule has 16 heavy (non-hydrogen) atoms. The maximum Gasteiger partial charge on any atom is 0.339 e. The smallest absolute Gasteiger partial charge is 0.339 e. The number of para-hydroxylation sites is 1. The van der Waals surface area contributed by atoms with Gasteiger partial charge in [0.2, 0.25) is 0 Å². The van der Waals surface area contributed by atoms with E-state index in [1.165, 1.54) is 13.2 Å². The van der Waals surface area contributed by atoms with Crippen molar-refractivity contribution in [3.8, 4) is 11.5 Å². The van der Waals surface area contributed by atoms with E-state index in [9.17, 15) is 4.79 Å². The van der Waals surface area contributed by atoms with Gasteiger partial charge in [0.1, 0.15) is 11.8 Å². The molecule has 1 unspecified atom stereocenters. The van der Waals surface area contributed by atoms with Crippen LogP contribution in [0.25, 0.3) is 0 Å². The maximum atomic E-state index is 11.0. The number of rotatable bonds is 5. The molecule has 3 N–H and O–H groups in total. The lowest BCUT2D eigenvalue weighted by molar-refractivity contribution is 0.0688. The summed E-state index contributed by atoms with van der Waals surface area (Å²) in [4.78, 5) is 11.0. The molecule has 1 aromatic rings. The zero-order valence-corrected chi connectivity index (χ0v) is 9.27. The van der Waals surface area contributed by atoms with Crippen LogP contribution in [0.15, 0.2) is 18.2 Å². The van der Waals surface area contributed by atoms with Crippen LogP contribution in [0.1, 0.15) is 23.7 Å². The Hall–Kier alpha value is -1.75. The number of hydrogen-bond acceptors (Lipinski definition) is 4. The Kier molecular flexibility index (Phi) is 4.13. The van der Waals surface area contributed by atoms with Crippen molar-refractivity contribution in [1.82, 2.24) is 0 Å². The highest BCUT2D eigenvalue weighted by Crippen LogP contribution is 2.31. The predicted molar refractivity (Wildman–Crippen MR) is 58.8 cm³/mol. The zero-order chi connectivity index (χ0) is 12.1. The van der Waals surface area contributed by atoms with Crippen LogP contribution in [0.4, 0.5) is 0 Å². The van der Waals surface area contributed by atoms with Gasteiger partial charge in [-0.1, -0.05) is 13.0 Å². The molecule has 0 fully saturated rings. The van der Waals surface area contributed by atoms with E-state index in [2.05, 4.69) is 0 Å². The van der Waals surface area contributed by atoms with E-state index >= 15 is 0 Å². The summed E-state index contributed by atoms with van der Waals surface area (Å²) < 4.78 is 10.4. The summed E-state index contributed by atoms with van der Waals surface area (Å²) in [5.74, 6) is -0.534. The highest BCUT2D eigenvalue weighted by atomic mass is 16.5. The van der Waals surface area contributed by atoms with Gasteiger partial charge in [-0.05, 0) is 18.6 Å². The Labute approximate surface area is 93.8 Å². The van der Waals surface area contributed by atoms with Crippen LogP contribution in [-0.4, -0.2) is 24.4 Å². The first-order chi connectivity index (χ1) is 7.60. The second kappa shape index (κ2) is 5.37. The first-order valence-corrected chi connectivity index (χ1v) is 4.92. The van der Waals surface area contributed by atoms with Crippen LogP contribution >= 0.6 is 0 Å². The Morgan fingerprint density at radius 2 is 2.25 bits per heavy atom. The molecule has 5 heteroatoms. The zero-order valence-electron chi connectivity index (χ0n) is 9.27. The van der Waals surface area contributed by atoms with Gasteiger partial charge < -0.3 is 14.6 Å². The molecule has 0 saturated carbocycles. The van der Waals surface area contributed by atoms with E-state index in [1.807, 2.05) is 6.92 Å². The Bertz CT molecular complexity index is 378. The van der Waals surface area contributed by atoms with Gasteiger partial charge in [0.05, 0.1) is 7.11 Å². The summed E-state index contributed by atoms with van der Waals surface area (Å²) in [5, 5.41) is 8.99. The number of aromatic carboxylic acids is 1. The van der Waals surface area contributed by atoms with Gasteiger partial charge >= 0.3 is 5.97 Å². The third kappa shape index (κ3) is 2.64. The van der Waals surface area contributed by atoms with Crippen LogP contribution in [-0.2, 0) is 0 Å². The van der Waals surface area contributed by atoms with Crippen molar-refractivity contribution in [3.63, 3.8) is 0 Å². The number of benzene rings is 1. The minimum absolute atomic E-state index is 0.0447. The molecule has 1 atom stereocenters. The molecule has 0 aromatic heterocycles. The number of hydrogen-bond donors (Lipinski definition) is 2. The van der Waals surface area contributed by atoms with Gasteiger partial charge in [0.25, 0.3) is 0 Å². The van der Waals surface area contributed by atoms with Gasteiger partial charge in [-0.15, -0.1) is 0 Å². The monoisotopic (exact) mass is 225 g/mol. The van der Waals surface area contributed by atoms with Crippen molar-refractivity contribution in [2.45, 2.75) is 19.6 Å². The Morgan fingerprint density at radius 1 is 1.56 bits per heavy atom. The van der Waals surface area contributed by atoms with E-state index < -0.39 is 12.2 Å². The average molecular weight is 225 g/mol. The van der Waals surface area contributed by atoms with Crippen molar-refractivity contribution in [2.24, 2.45) is 5.73 Å². The largest absolute Gasteiger partial charge is 0.493 e. The van der Waals surface area contributed by atoms with Crippen molar-refractivity contribution in [1.29, 1.82) is 0 Å². The van der Waals surface area contributed by atoms with Gasteiger partial charge in [-0.3, -0.25) is 5.73 Å². The van der Waals surface area contributed by atoms with Gasteiger partial charge in [-0.2, -0.15) is 0 Å². The lowest BCUT2D eigenvalue weighted by atomic mass is 10.2. The van der Waals surface area contributed by atoms with E-state index in [0.717, 1.165) is 0 Å². The molecule has 0 aliphatic rings. The minimum Gasteiger partial charge on any atom is -0.493 e. The minimum atomic E-state index is -1.07. The standard InChI is InChI=1S/C11H15NO4/c1-3-9(12)16-10-7(11(13)14)5-4-6-8(10)15-2/h4-6,9H,3,12H2,1-2H3,(H,13,14). The normalized spacial score (nSPS) is 11.9. The number of ether oxygens (including phenoxy) is 2. The highest BCUT2D eigenvalue weighted by molar-refractivity contribution is 5.92. The molecule has 0 bridgehead atoms. The van der Waals surface area contributed by atoms with Crippen LogP contribution in [0.3, 0.4) is 0 Å². The molecule has 1 aromatic carbocycles. The molecule has 5 nitrogen and oxygen atoms in total. The number of methoxy groups -OCH3 is 1. The summed E-state index contributed by atoms with van der Waals surface area (Å²) >= 11 is 0. The summed E-state index contributed by atoms with van der Waals surface area (Å²) in [6, 6.07) is 4.67. The first kappa shape index (κ1) is 12.3. The number of nitrogens with two attached hydrogens (primary N) is 1. The lowest BCUT2D eigenvalue weighted by Gasteiger charge is -2.16. The molecule has 0 aliphatic heterocycles. The molecular weight excluding hydrogens is 210 g/mol. The molecule has 0 spiro atoms. The van der Waals surface area contributed by atoms with Crippen molar-refractivity contribution in [3.05, 3.63) is 23.8 Å². The second-order valence-electron chi connectivity index (χ2n) is 3.21. The second-order valence-corrected chi connectivity index (χ2v) is 3.21. The third-order valence-electron chi connectivity index (χ3n) is 2.10. The number of carbonyl (C=O) groups is 1. The molecule has 0 amide bonds. The van der Waals surface area contributed by atoms with Gasteiger partial charge in [0.15, 0.2) is 11.5 Å². The number of carboxylic acids is 1. The average Bonchev–Trinajstić information content (AvgIpc) is 2.28. The fourth-order valence-corrected chi connectivity index (χ4v) is 1.20. The molecule has 1 rings (SSSR count). The van der Waals surface area contributed by atoms with E-state index in [4.69, 9.17) is 20.3 Å². The SMILES string of the molecule is CCC(N)Oc1c(OC)cccc1C(=O)O. The highest BCUT2D eigenvalue weighted by Gasteiger charge is 2.17. The maximum absolute atomic E-state index is 11.0. The first-order valence-electron chi connectivity index (χ1n) is 4.92. The fourth-order valence-electron chi connectivity index (χ4n) is 1.20. The molecule has 0 aliphatic carbocycles. The molecule has 88 valence electrons. The predicted octanol–water partition coefficient (Wildman–Crippen LogP) is 1.47. The summed E-state index contributed by atoms with van der Waals surface area (Å²) in [6.07, 6.45) is 0.0336. The van der Waals surface area contributed by atoms with Crippen molar-refractivity contribution >= 4 is 5.97 Å². The van der Waals surface area contributed by atoms with Crippen LogP contribution in [0.2, 0.25) is 0 Å². The van der Waals surface area contributed by atoms with E-state index in [-0.39, 0.29) is 11.3 Å². The summed E-state index contributed by atoms with van der Waals surface area (Å²) in [7, 11) is 1.45. The topological polar surface area (TPSA) is 81.8 Å². The van der Waals surface area contributed by atoms with Crippen LogP contribution in [0, 0.1) is 0 Å². The van der Waals surface area contributed by atoms with Crippen LogP contribution in [0.5, 0.6) is 11.5 Å².